The fourth-order valence-electron chi connectivity index (χ4n) is 2.17. The molecule has 0 saturated carbocycles. The molecule has 0 unspecified atom stereocenters. The van der Waals surface area contributed by atoms with E-state index in [9.17, 15) is 0 Å². The van der Waals surface area contributed by atoms with Crippen LogP contribution in [0.3, 0.4) is 0 Å². The molecular weight excluding hydrogens is 330 g/mol. The molecule has 0 aliphatic rings. The van der Waals surface area contributed by atoms with E-state index in [1.165, 1.54) is 34.2 Å². The van der Waals surface area contributed by atoms with Gasteiger partial charge in [-0.1, -0.05) is 17.4 Å². The Morgan fingerprint density at radius 1 is 1.13 bits per heavy atom. The van der Waals surface area contributed by atoms with Gasteiger partial charge in [-0.2, -0.15) is 4.68 Å². The molecule has 116 valence electrons. The van der Waals surface area contributed by atoms with Crippen molar-refractivity contribution in [1.29, 1.82) is 0 Å². The summed E-state index contributed by atoms with van der Waals surface area (Å²) < 4.78 is 4.37. The van der Waals surface area contributed by atoms with E-state index >= 15 is 0 Å². The molecule has 0 saturated heterocycles. The molecule has 0 radical (unpaired) electrons. The molecule has 0 N–H and O–H groups in total. The second-order valence-electron chi connectivity index (χ2n) is 5.22. The summed E-state index contributed by atoms with van der Waals surface area (Å²) in [6.45, 7) is 6.12. The first-order valence-electron chi connectivity index (χ1n) is 6.97. The SMILES string of the molecule is Cc1cn2nc(Sc3nnnn3-c3ccc(C)c(C)c3)sc2n1. The Balaban J connectivity index is 1.68. The smallest absolute Gasteiger partial charge is 0.221 e. The van der Waals surface area contributed by atoms with Crippen LogP contribution in [0.2, 0.25) is 0 Å². The zero-order chi connectivity index (χ0) is 16.0. The maximum absolute atomic E-state index is 4.50. The third-order valence-electron chi connectivity index (χ3n) is 3.50. The van der Waals surface area contributed by atoms with E-state index in [1.54, 1.807) is 9.20 Å². The molecule has 0 atom stereocenters. The van der Waals surface area contributed by atoms with E-state index in [2.05, 4.69) is 51.6 Å². The maximum atomic E-state index is 4.50. The summed E-state index contributed by atoms with van der Waals surface area (Å²) in [5.74, 6) is 0. The third kappa shape index (κ3) is 2.62. The van der Waals surface area contributed by atoms with Crippen molar-refractivity contribution in [1.82, 2.24) is 34.8 Å². The van der Waals surface area contributed by atoms with Gasteiger partial charge in [-0.15, -0.1) is 10.2 Å². The van der Waals surface area contributed by atoms with E-state index in [4.69, 9.17) is 0 Å². The van der Waals surface area contributed by atoms with Gasteiger partial charge < -0.3 is 0 Å². The molecule has 23 heavy (non-hydrogen) atoms. The predicted molar refractivity (Wildman–Crippen MR) is 88.4 cm³/mol. The minimum atomic E-state index is 0.682. The number of aryl methyl sites for hydroxylation is 3. The van der Waals surface area contributed by atoms with E-state index in [-0.39, 0.29) is 0 Å². The van der Waals surface area contributed by atoms with Crippen molar-refractivity contribution in [3.63, 3.8) is 0 Å². The fraction of sp³-hybridized carbons (Fsp3) is 0.214. The molecule has 0 aliphatic heterocycles. The lowest BCUT2D eigenvalue weighted by Gasteiger charge is -2.05. The van der Waals surface area contributed by atoms with Crippen LogP contribution in [0, 0.1) is 20.8 Å². The number of aromatic nitrogens is 7. The van der Waals surface area contributed by atoms with E-state index < -0.39 is 0 Å². The molecule has 4 rings (SSSR count). The average Bonchev–Trinajstić information content (AvgIpc) is 3.17. The van der Waals surface area contributed by atoms with Crippen LogP contribution >= 0.6 is 23.1 Å². The van der Waals surface area contributed by atoms with E-state index in [0.717, 1.165) is 20.7 Å². The number of tetrazole rings is 1. The fourth-order valence-corrected chi connectivity index (χ4v) is 4.04. The lowest BCUT2D eigenvalue weighted by Crippen LogP contribution is -1.99. The minimum absolute atomic E-state index is 0.682. The quantitative estimate of drug-likeness (QED) is 0.569. The molecule has 0 spiro atoms. The lowest BCUT2D eigenvalue weighted by atomic mass is 10.1. The van der Waals surface area contributed by atoms with Crippen molar-refractivity contribution in [2.24, 2.45) is 0 Å². The van der Waals surface area contributed by atoms with Gasteiger partial charge in [0.1, 0.15) is 0 Å². The number of benzene rings is 1. The van der Waals surface area contributed by atoms with Gasteiger partial charge >= 0.3 is 0 Å². The summed E-state index contributed by atoms with van der Waals surface area (Å²) >= 11 is 2.96. The standard InChI is InChI=1S/C14H13N7S2/c1-8-4-5-11(6-9(8)2)21-13(16-18-19-21)23-14-17-20-7-10(3)15-12(20)22-14/h4-7H,1-3H3. The number of hydrogen-bond donors (Lipinski definition) is 0. The van der Waals surface area contributed by atoms with Crippen LogP contribution in [-0.2, 0) is 0 Å². The zero-order valence-corrected chi connectivity index (χ0v) is 14.4. The highest BCUT2D eigenvalue weighted by molar-refractivity contribution is 8.01. The molecule has 3 heterocycles. The Kier molecular flexibility index (Phi) is 3.38. The zero-order valence-electron chi connectivity index (χ0n) is 12.8. The maximum Gasteiger partial charge on any atom is 0.221 e. The molecule has 0 bridgehead atoms. The van der Waals surface area contributed by atoms with E-state index in [1.807, 2.05) is 19.2 Å². The molecule has 7 nitrogen and oxygen atoms in total. The van der Waals surface area contributed by atoms with Gasteiger partial charge in [-0.25, -0.2) is 9.50 Å². The van der Waals surface area contributed by atoms with Gasteiger partial charge in [0.15, 0.2) is 4.34 Å². The molecule has 0 aliphatic carbocycles. The highest BCUT2D eigenvalue weighted by atomic mass is 32.2. The average molecular weight is 343 g/mol. The second kappa shape index (κ2) is 5.43. The van der Waals surface area contributed by atoms with Gasteiger partial charge in [-0.05, 0) is 66.2 Å². The van der Waals surface area contributed by atoms with Crippen molar-refractivity contribution in [2.45, 2.75) is 30.3 Å². The second-order valence-corrected chi connectivity index (χ2v) is 7.39. The normalized spacial score (nSPS) is 11.4. The van der Waals surface area contributed by atoms with Crippen molar-refractivity contribution in [3.8, 4) is 5.69 Å². The van der Waals surface area contributed by atoms with Crippen molar-refractivity contribution >= 4 is 28.1 Å². The Bertz CT molecular complexity index is 966. The van der Waals surface area contributed by atoms with E-state index in [0.29, 0.717) is 5.16 Å². The highest BCUT2D eigenvalue weighted by Gasteiger charge is 2.14. The summed E-state index contributed by atoms with van der Waals surface area (Å²) in [6.07, 6.45) is 1.90. The van der Waals surface area contributed by atoms with Crippen molar-refractivity contribution < 1.29 is 0 Å². The van der Waals surface area contributed by atoms with Gasteiger partial charge in [-0.3, -0.25) is 0 Å². The molecule has 0 fully saturated rings. The first kappa shape index (κ1) is 14.3. The van der Waals surface area contributed by atoms with Crippen molar-refractivity contribution in [3.05, 3.63) is 41.2 Å². The molecule has 1 aromatic carbocycles. The molecule has 3 aromatic heterocycles. The Morgan fingerprint density at radius 2 is 2.00 bits per heavy atom. The van der Waals surface area contributed by atoms with Crippen LogP contribution in [-0.4, -0.2) is 34.8 Å². The van der Waals surface area contributed by atoms with Crippen LogP contribution in [0.5, 0.6) is 0 Å². The monoisotopic (exact) mass is 343 g/mol. The highest BCUT2D eigenvalue weighted by Crippen LogP contribution is 2.31. The predicted octanol–water partition coefficient (Wildman–Crippen LogP) is 2.84. The van der Waals surface area contributed by atoms with Gasteiger partial charge in [0.25, 0.3) is 0 Å². The minimum Gasteiger partial charge on any atom is -0.223 e. The first-order chi connectivity index (χ1) is 11.1. The molecule has 4 aromatic rings. The number of rotatable bonds is 3. The summed E-state index contributed by atoms with van der Waals surface area (Å²) in [7, 11) is 0. The Hall–Kier alpha value is -2.26. The van der Waals surface area contributed by atoms with Gasteiger partial charge in [0.2, 0.25) is 10.1 Å². The lowest BCUT2D eigenvalue weighted by molar-refractivity contribution is 0.754. The summed E-state index contributed by atoms with van der Waals surface area (Å²) in [4.78, 5) is 5.28. The Morgan fingerprint density at radius 3 is 2.78 bits per heavy atom. The van der Waals surface area contributed by atoms with Crippen LogP contribution in [0.4, 0.5) is 0 Å². The molecule has 9 heteroatoms. The Labute approximate surface area is 140 Å². The largest absolute Gasteiger partial charge is 0.223 e. The van der Waals surface area contributed by atoms with Crippen molar-refractivity contribution in [2.75, 3.05) is 0 Å². The number of imidazole rings is 1. The number of hydrogen-bond acceptors (Lipinski definition) is 7. The van der Waals surface area contributed by atoms with Gasteiger partial charge in [0.05, 0.1) is 17.6 Å². The molecular formula is C14H13N7S2. The molecule has 0 amide bonds. The summed E-state index contributed by atoms with van der Waals surface area (Å²) in [6, 6.07) is 6.16. The summed E-state index contributed by atoms with van der Waals surface area (Å²) in [5, 5.41) is 17.2. The van der Waals surface area contributed by atoms with Crippen LogP contribution in [0.1, 0.15) is 16.8 Å². The number of fused-ring (bicyclic) bond motifs is 1. The third-order valence-corrected chi connectivity index (χ3v) is 5.41. The first-order valence-corrected chi connectivity index (χ1v) is 8.60. The number of nitrogens with zero attached hydrogens (tertiary/aromatic N) is 7. The van der Waals surface area contributed by atoms with Crippen LogP contribution < -0.4 is 0 Å². The van der Waals surface area contributed by atoms with Crippen LogP contribution in [0.25, 0.3) is 10.6 Å². The summed E-state index contributed by atoms with van der Waals surface area (Å²) in [5.41, 5.74) is 4.35. The van der Waals surface area contributed by atoms with Gasteiger partial charge in [0, 0.05) is 0 Å². The van der Waals surface area contributed by atoms with Crippen LogP contribution in [0.15, 0.2) is 33.9 Å². The topological polar surface area (TPSA) is 73.8 Å².